The van der Waals surface area contributed by atoms with Crippen molar-refractivity contribution in [3.05, 3.63) is 34.9 Å². The molecule has 16 heavy (non-hydrogen) atoms. The van der Waals surface area contributed by atoms with Crippen molar-refractivity contribution in [1.29, 1.82) is 0 Å². The number of alkyl halides is 1. The van der Waals surface area contributed by atoms with Crippen molar-refractivity contribution in [1.82, 2.24) is 0 Å². The fraction of sp³-hybridized carbons (Fsp3) is 0.462. The van der Waals surface area contributed by atoms with Crippen molar-refractivity contribution in [2.75, 3.05) is 6.61 Å². The molecule has 0 heterocycles. The second-order valence-electron chi connectivity index (χ2n) is 3.97. The molecular weight excluding hydrogens is 207 g/mol. The van der Waals surface area contributed by atoms with Crippen LogP contribution < -0.4 is 0 Å². The molecule has 0 aliphatic heterocycles. The van der Waals surface area contributed by atoms with Crippen LogP contribution in [0, 0.1) is 13.8 Å². The average molecular weight is 224 g/mol. The van der Waals surface area contributed by atoms with E-state index >= 15 is 0 Å². The zero-order chi connectivity index (χ0) is 12.3. The zero-order valence-corrected chi connectivity index (χ0v) is 10.1. The smallest absolute Gasteiger partial charge is 0.348 e. The Balaban J connectivity index is 3.16. The van der Waals surface area contributed by atoms with E-state index in [2.05, 4.69) is 0 Å². The molecule has 2 nitrogen and oxygen atoms in total. The summed E-state index contributed by atoms with van der Waals surface area (Å²) in [6.07, 6.45) is 0. The third-order valence-electron chi connectivity index (χ3n) is 2.77. The van der Waals surface area contributed by atoms with Gasteiger partial charge in [-0.3, -0.25) is 0 Å². The van der Waals surface area contributed by atoms with Crippen LogP contribution in [0.4, 0.5) is 4.39 Å². The maximum Gasteiger partial charge on any atom is 0.348 e. The Bertz CT molecular complexity index is 397. The summed E-state index contributed by atoms with van der Waals surface area (Å²) in [4.78, 5) is 11.5. The first-order chi connectivity index (χ1) is 7.41. The zero-order valence-electron chi connectivity index (χ0n) is 10.1. The molecule has 1 atom stereocenters. The predicted octanol–water partition coefficient (Wildman–Crippen LogP) is 3.05. The molecule has 0 aliphatic rings. The van der Waals surface area contributed by atoms with Crippen LogP contribution in [0.3, 0.4) is 0 Å². The summed E-state index contributed by atoms with van der Waals surface area (Å²) in [6, 6.07) is 5.26. The van der Waals surface area contributed by atoms with Crippen molar-refractivity contribution < 1.29 is 13.9 Å². The summed E-state index contributed by atoms with van der Waals surface area (Å²) in [5, 5.41) is 0. The molecule has 0 aliphatic carbocycles. The first-order valence-electron chi connectivity index (χ1n) is 5.34. The van der Waals surface area contributed by atoms with E-state index in [-0.39, 0.29) is 6.61 Å². The molecule has 0 saturated heterocycles. The van der Waals surface area contributed by atoms with Crippen LogP contribution in [0.15, 0.2) is 18.2 Å². The molecule has 1 aromatic carbocycles. The minimum atomic E-state index is -2.08. The van der Waals surface area contributed by atoms with Gasteiger partial charge < -0.3 is 4.74 Å². The normalized spacial score (nSPS) is 14.3. The lowest BCUT2D eigenvalue weighted by Crippen LogP contribution is -2.30. The second kappa shape index (κ2) is 4.64. The number of ether oxygens (including phenoxy) is 1. The van der Waals surface area contributed by atoms with Crippen LogP contribution in [-0.2, 0) is 15.2 Å². The van der Waals surface area contributed by atoms with Crippen molar-refractivity contribution in [2.24, 2.45) is 0 Å². The highest BCUT2D eigenvalue weighted by atomic mass is 19.1. The van der Waals surface area contributed by atoms with Gasteiger partial charge in [-0.15, -0.1) is 0 Å². The van der Waals surface area contributed by atoms with Crippen LogP contribution in [0.2, 0.25) is 0 Å². The monoisotopic (exact) mass is 224 g/mol. The van der Waals surface area contributed by atoms with Crippen molar-refractivity contribution >= 4 is 5.97 Å². The quantitative estimate of drug-likeness (QED) is 0.737. The number of benzene rings is 1. The van der Waals surface area contributed by atoms with E-state index < -0.39 is 11.6 Å². The SMILES string of the molecule is CCOC(=O)C(C)(F)c1cccc(C)c1C. The Morgan fingerprint density at radius 3 is 2.62 bits per heavy atom. The van der Waals surface area contributed by atoms with Gasteiger partial charge in [-0.2, -0.15) is 0 Å². The Kier molecular flexibility index (Phi) is 3.68. The molecule has 0 bridgehead atoms. The molecule has 88 valence electrons. The first-order valence-corrected chi connectivity index (χ1v) is 5.34. The Labute approximate surface area is 95.4 Å². The molecule has 1 rings (SSSR count). The van der Waals surface area contributed by atoms with Gasteiger partial charge in [-0.1, -0.05) is 18.2 Å². The topological polar surface area (TPSA) is 26.3 Å². The number of halogens is 1. The molecule has 0 amide bonds. The lowest BCUT2D eigenvalue weighted by Gasteiger charge is -2.21. The molecular formula is C13H17FO2. The summed E-state index contributed by atoms with van der Waals surface area (Å²) >= 11 is 0. The van der Waals surface area contributed by atoms with E-state index in [9.17, 15) is 9.18 Å². The van der Waals surface area contributed by atoms with Gasteiger partial charge in [0.15, 0.2) is 0 Å². The number of aryl methyl sites for hydroxylation is 1. The van der Waals surface area contributed by atoms with E-state index in [1.807, 2.05) is 19.9 Å². The summed E-state index contributed by atoms with van der Waals surface area (Å²) < 4.78 is 19.1. The highest BCUT2D eigenvalue weighted by Crippen LogP contribution is 2.30. The molecule has 0 aromatic heterocycles. The maximum absolute atomic E-state index is 14.4. The Morgan fingerprint density at radius 2 is 2.06 bits per heavy atom. The summed E-state index contributed by atoms with van der Waals surface area (Å²) in [7, 11) is 0. The Hall–Kier alpha value is -1.38. The third-order valence-corrected chi connectivity index (χ3v) is 2.77. The van der Waals surface area contributed by atoms with Crippen molar-refractivity contribution in [3.8, 4) is 0 Å². The van der Waals surface area contributed by atoms with Gasteiger partial charge >= 0.3 is 5.97 Å². The number of carbonyl (C=O) groups is 1. The highest BCUT2D eigenvalue weighted by Gasteiger charge is 2.38. The van der Waals surface area contributed by atoms with E-state index in [0.717, 1.165) is 11.1 Å². The van der Waals surface area contributed by atoms with Gasteiger partial charge in [0.25, 0.3) is 0 Å². The van der Waals surface area contributed by atoms with Gasteiger partial charge in [-0.05, 0) is 38.8 Å². The number of esters is 1. The van der Waals surface area contributed by atoms with Crippen LogP contribution in [0.1, 0.15) is 30.5 Å². The standard InChI is InChI=1S/C13H17FO2/c1-5-16-12(15)13(4,14)11-8-6-7-9(2)10(11)3/h6-8H,5H2,1-4H3. The minimum absolute atomic E-state index is 0.184. The molecule has 1 unspecified atom stereocenters. The van der Waals surface area contributed by atoms with Crippen molar-refractivity contribution in [2.45, 2.75) is 33.4 Å². The second-order valence-corrected chi connectivity index (χ2v) is 3.97. The molecule has 0 spiro atoms. The molecule has 1 aromatic rings. The van der Waals surface area contributed by atoms with Gasteiger partial charge in [0.1, 0.15) is 0 Å². The number of carbonyl (C=O) groups excluding carboxylic acids is 1. The van der Waals surface area contributed by atoms with Gasteiger partial charge in [0.2, 0.25) is 5.67 Å². The number of hydrogen-bond acceptors (Lipinski definition) is 2. The fourth-order valence-corrected chi connectivity index (χ4v) is 1.64. The summed E-state index contributed by atoms with van der Waals surface area (Å²) in [6.45, 7) is 6.79. The summed E-state index contributed by atoms with van der Waals surface area (Å²) in [5.41, 5.74) is 0.0590. The van der Waals surface area contributed by atoms with Crippen LogP contribution in [0.25, 0.3) is 0 Å². The van der Waals surface area contributed by atoms with Crippen LogP contribution in [0.5, 0.6) is 0 Å². The van der Waals surface area contributed by atoms with E-state index in [1.165, 1.54) is 6.92 Å². The predicted molar refractivity (Wildman–Crippen MR) is 61.0 cm³/mol. The van der Waals surface area contributed by atoms with Gasteiger partial charge in [0, 0.05) is 5.56 Å². The van der Waals surface area contributed by atoms with E-state index in [1.54, 1.807) is 19.1 Å². The molecule has 0 radical (unpaired) electrons. The fourth-order valence-electron chi connectivity index (χ4n) is 1.64. The average Bonchev–Trinajstić information content (AvgIpc) is 2.22. The van der Waals surface area contributed by atoms with Crippen LogP contribution >= 0.6 is 0 Å². The van der Waals surface area contributed by atoms with E-state index in [4.69, 9.17) is 4.74 Å². The number of rotatable bonds is 3. The molecule has 0 N–H and O–H groups in total. The molecule has 0 saturated carbocycles. The lowest BCUT2D eigenvalue weighted by molar-refractivity contribution is -0.156. The van der Waals surface area contributed by atoms with E-state index in [0.29, 0.717) is 5.56 Å². The highest BCUT2D eigenvalue weighted by molar-refractivity contribution is 5.81. The Morgan fingerprint density at radius 1 is 1.44 bits per heavy atom. The molecule has 0 fully saturated rings. The number of hydrogen-bond donors (Lipinski definition) is 0. The van der Waals surface area contributed by atoms with Gasteiger partial charge in [-0.25, -0.2) is 9.18 Å². The van der Waals surface area contributed by atoms with Crippen LogP contribution in [-0.4, -0.2) is 12.6 Å². The van der Waals surface area contributed by atoms with Gasteiger partial charge in [0.05, 0.1) is 6.61 Å². The maximum atomic E-state index is 14.4. The largest absolute Gasteiger partial charge is 0.463 e. The first kappa shape index (κ1) is 12.7. The minimum Gasteiger partial charge on any atom is -0.463 e. The lowest BCUT2D eigenvalue weighted by atomic mass is 9.91. The third kappa shape index (κ3) is 2.23. The molecule has 3 heteroatoms. The van der Waals surface area contributed by atoms with Crippen molar-refractivity contribution in [3.63, 3.8) is 0 Å². The summed E-state index contributed by atoms with van der Waals surface area (Å²) in [5.74, 6) is -0.830.